The molecule has 4 rings (SSSR count). The zero-order valence-corrected chi connectivity index (χ0v) is 15.4. The lowest BCUT2D eigenvalue weighted by Gasteiger charge is -2.14. The summed E-state index contributed by atoms with van der Waals surface area (Å²) in [5.74, 6) is 0.448. The predicted octanol–water partition coefficient (Wildman–Crippen LogP) is 2.17. The molecule has 1 amide bonds. The van der Waals surface area contributed by atoms with Crippen LogP contribution in [0.4, 0.5) is 0 Å². The molecule has 0 saturated carbocycles. The Morgan fingerprint density at radius 3 is 2.93 bits per heavy atom. The molecule has 8 heteroatoms. The molecule has 0 spiro atoms. The van der Waals surface area contributed by atoms with Gasteiger partial charge in [-0.15, -0.1) is 0 Å². The summed E-state index contributed by atoms with van der Waals surface area (Å²) in [5, 5.41) is 2.99. The van der Waals surface area contributed by atoms with E-state index < -0.39 is 0 Å². The van der Waals surface area contributed by atoms with Gasteiger partial charge in [-0.3, -0.25) is 14.0 Å². The fourth-order valence-electron chi connectivity index (χ4n) is 3.14. The maximum Gasteiger partial charge on any atom is 0.270 e. The van der Waals surface area contributed by atoms with Crippen LogP contribution in [0.3, 0.4) is 0 Å². The van der Waals surface area contributed by atoms with Gasteiger partial charge in [0.2, 0.25) is 11.7 Å². The van der Waals surface area contributed by atoms with E-state index in [0.29, 0.717) is 28.9 Å². The average Bonchev–Trinajstić information content (AvgIpc) is 3.14. The van der Waals surface area contributed by atoms with Gasteiger partial charge in [0.1, 0.15) is 5.69 Å². The highest BCUT2D eigenvalue weighted by Crippen LogP contribution is 2.16. The third-order valence-corrected chi connectivity index (χ3v) is 4.61. The van der Waals surface area contributed by atoms with Gasteiger partial charge in [-0.1, -0.05) is 19.1 Å². The molecule has 0 aliphatic heterocycles. The number of aromatic nitrogens is 5. The monoisotopic (exact) mass is 376 g/mol. The molecular formula is C20H20N6O2. The number of aryl methyl sites for hydroxylation is 1. The van der Waals surface area contributed by atoms with Crippen molar-refractivity contribution in [3.63, 3.8) is 0 Å². The number of benzene rings is 1. The zero-order chi connectivity index (χ0) is 19.5. The maximum absolute atomic E-state index is 12.4. The van der Waals surface area contributed by atoms with Crippen molar-refractivity contribution in [2.45, 2.75) is 32.2 Å². The number of aromatic amines is 1. The summed E-state index contributed by atoms with van der Waals surface area (Å²) < 4.78 is 1.82. The van der Waals surface area contributed by atoms with Crippen LogP contribution in [0.1, 0.15) is 37.2 Å². The van der Waals surface area contributed by atoms with Gasteiger partial charge in [-0.2, -0.15) is 0 Å². The lowest BCUT2D eigenvalue weighted by Crippen LogP contribution is -2.29. The van der Waals surface area contributed by atoms with Crippen molar-refractivity contribution in [2.24, 2.45) is 0 Å². The second-order valence-corrected chi connectivity index (χ2v) is 6.55. The standard InChI is InChI=1S/C20H20N6O2/c1-2-13(17-12-26-11-5-10-21-20(26)25-17)23-18(27)9-8-16-19(28)24-15-7-4-3-6-14(15)22-16/h3-7,10-13H,2,8-9H2,1H3,(H,23,27)(H,24,28)/t13-/m1/s1. The van der Waals surface area contributed by atoms with Crippen LogP contribution in [0.15, 0.2) is 53.7 Å². The van der Waals surface area contributed by atoms with E-state index in [1.807, 2.05) is 48.0 Å². The number of nitrogens with one attached hydrogen (secondary N) is 2. The van der Waals surface area contributed by atoms with E-state index in [1.54, 1.807) is 12.3 Å². The summed E-state index contributed by atoms with van der Waals surface area (Å²) >= 11 is 0. The summed E-state index contributed by atoms with van der Waals surface area (Å²) in [4.78, 5) is 40.5. The summed E-state index contributed by atoms with van der Waals surface area (Å²) in [6, 6.07) is 8.95. The number of carbonyl (C=O) groups excluding carboxylic acids is 1. The lowest BCUT2D eigenvalue weighted by atomic mass is 10.1. The van der Waals surface area contributed by atoms with Gasteiger partial charge in [-0.25, -0.2) is 15.0 Å². The Morgan fingerprint density at radius 2 is 2.11 bits per heavy atom. The number of H-pyrrole nitrogens is 1. The molecule has 3 aromatic heterocycles. The molecule has 0 radical (unpaired) electrons. The van der Waals surface area contributed by atoms with Crippen LogP contribution in [0.5, 0.6) is 0 Å². The molecule has 0 aliphatic carbocycles. The van der Waals surface area contributed by atoms with E-state index >= 15 is 0 Å². The molecule has 8 nitrogen and oxygen atoms in total. The molecule has 28 heavy (non-hydrogen) atoms. The molecule has 0 unspecified atom stereocenters. The average molecular weight is 376 g/mol. The molecular weight excluding hydrogens is 356 g/mol. The highest BCUT2D eigenvalue weighted by Gasteiger charge is 2.17. The van der Waals surface area contributed by atoms with E-state index in [1.165, 1.54) is 0 Å². The van der Waals surface area contributed by atoms with Crippen molar-refractivity contribution in [2.75, 3.05) is 0 Å². The fraction of sp³-hybridized carbons (Fsp3) is 0.250. The number of rotatable bonds is 6. The van der Waals surface area contributed by atoms with E-state index in [0.717, 1.165) is 5.69 Å². The van der Waals surface area contributed by atoms with Crippen LogP contribution in [0.25, 0.3) is 16.8 Å². The van der Waals surface area contributed by atoms with Gasteiger partial charge in [0, 0.05) is 31.4 Å². The van der Waals surface area contributed by atoms with Crippen molar-refractivity contribution in [3.05, 3.63) is 70.7 Å². The maximum atomic E-state index is 12.4. The third kappa shape index (κ3) is 3.62. The van der Waals surface area contributed by atoms with Crippen molar-refractivity contribution < 1.29 is 4.79 Å². The third-order valence-electron chi connectivity index (χ3n) is 4.61. The predicted molar refractivity (Wildman–Crippen MR) is 105 cm³/mol. The van der Waals surface area contributed by atoms with Gasteiger partial charge >= 0.3 is 0 Å². The van der Waals surface area contributed by atoms with Crippen LogP contribution in [0, 0.1) is 0 Å². The molecule has 0 saturated heterocycles. The van der Waals surface area contributed by atoms with Crippen LogP contribution in [-0.2, 0) is 11.2 Å². The molecule has 1 atom stereocenters. The van der Waals surface area contributed by atoms with Crippen molar-refractivity contribution in [3.8, 4) is 0 Å². The summed E-state index contributed by atoms with van der Waals surface area (Å²) in [6.07, 6.45) is 6.56. The minimum Gasteiger partial charge on any atom is -0.348 e. The van der Waals surface area contributed by atoms with E-state index in [2.05, 4.69) is 25.3 Å². The number of hydrogen-bond donors (Lipinski definition) is 2. The molecule has 0 bridgehead atoms. The zero-order valence-electron chi connectivity index (χ0n) is 15.4. The smallest absolute Gasteiger partial charge is 0.270 e. The molecule has 0 aliphatic rings. The van der Waals surface area contributed by atoms with E-state index in [4.69, 9.17) is 0 Å². The Balaban J connectivity index is 1.44. The van der Waals surface area contributed by atoms with Crippen LogP contribution in [-0.4, -0.2) is 30.2 Å². The van der Waals surface area contributed by atoms with Crippen molar-refractivity contribution >= 4 is 22.7 Å². The van der Waals surface area contributed by atoms with Crippen LogP contribution < -0.4 is 10.9 Å². The molecule has 3 heterocycles. The minimum atomic E-state index is -0.259. The van der Waals surface area contributed by atoms with E-state index in [-0.39, 0.29) is 30.3 Å². The normalized spacial score (nSPS) is 12.3. The lowest BCUT2D eigenvalue weighted by molar-refractivity contribution is -0.121. The second kappa shape index (κ2) is 7.59. The minimum absolute atomic E-state index is 0.147. The number of imidazole rings is 1. The number of amides is 1. The van der Waals surface area contributed by atoms with Crippen LogP contribution in [0.2, 0.25) is 0 Å². The number of fused-ring (bicyclic) bond motifs is 2. The molecule has 4 aromatic rings. The Morgan fingerprint density at radius 1 is 1.25 bits per heavy atom. The number of hydrogen-bond acceptors (Lipinski definition) is 5. The SMILES string of the molecule is CC[C@@H](NC(=O)CCc1nc2ccccc2[nH]c1=O)c1cn2cccnc2n1. The first kappa shape index (κ1) is 17.8. The molecule has 0 fully saturated rings. The van der Waals surface area contributed by atoms with Gasteiger partial charge < -0.3 is 10.3 Å². The molecule has 142 valence electrons. The highest BCUT2D eigenvalue weighted by atomic mass is 16.1. The molecule has 1 aromatic carbocycles. The quantitative estimate of drug-likeness (QED) is 0.536. The first-order valence-corrected chi connectivity index (χ1v) is 9.21. The van der Waals surface area contributed by atoms with Gasteiger partial charge in [0.15, 0.2) is 0 Å². The van der Waals surface area contributed by atoms with Crippen LogP contribution >= 0.6 is 0 Å². The largest absolute Gasteiger partial charge is 0.348 e. The Labute approximate surface area is 160 Å². The molecule has 2 N–H and O–H groups in total. The number of para-hydroxylation sites is 2. The van der Waals surface area contributed by atoms with Crippen molar-refractivity contribution in [1.82, 2.24) is 29.7 Å². The highest BCUT2D eigenvalue weighted by molar-refractivity contribution is 5.77. The summed E-state index contributed by atoms with van der Waals surface area (Å²) in [5.41, 5.74) is 2.26. The number of carbonyl (C=O) groups is 1. The summed E-state index contributed by atoms with van der Waals surface area (Å²) in [7, 11) is 0. The fourth-order valence-corrected chi connectivity index (χ4v) is 3.14. The van der Waals surface area contributed by atoms with E-state index in [9.17, 15) is 9.59 Å². The Hall–Kier alpha value is -3.55. The second-order valence-electron chi connectivity index (χ2n) is 6.55. The van der Waals surface area contributed by atoms with Gasteiger partial charge in [0.25, 0.3) is 5.56 Å². The first-order chi connectivity index (χ1) is 13.6. The van der Waals surface area contributed by atoms with Gasteiger partial charge in [0.05, 0.1) is 22.8 Å². The Kier molecular flexibility index (Phi) is 4.84. The Bertz CT molecular complexity index is 1160. The first-order valence-electron chi connectivity index (χ1n) is 9.21. The summed E-state index contributed by atoms with van der Waals surface area (Å²) in [6.45, 7) is 1.98. The van der Waals surface area contributed by atoms with Crippen molar-refractivity contribution in [1.29, 1.82) is 0 Å². The van der Waals surface area contributed by atoms with Gasteiger partial charge in [-0.05, 0) is 24.6 Å². The number of nitrogens with zero attached hydrogens (tertiary/aromatic N) is 4. The topological polar surface area (TPSA) is 105 Å².